The molecule has 0 radical (unpaired) electrons. The first-order chi connectivity index (χ1) is 6.74. The van der Waals surface area contributed by atoms with Gasteiger partial charge < -0.3 is 0 Å². The monoisotopic (exact) mass is 229 g/mol. The van der Waals surface area contributed by atoms with Gasteiger partial charge in [-0.2, -0.15) is 0 Å². The molecule has 3 nitrogen and oxygen atoms in total. The van der Waals surface area contributed by atoms with Crippen LogP contribution in [0.4, 0.5) is 0 Å². The summed E-state index contributed by atoms with van der Waals surface area (Å²) in [6.45, 7) is 6.38. The molecule has 0 saturated carbocycles. The molecular weight excluding hydrogens is 210 g/mol. The van der Waals surface area contributed by atoms with Crippen LogP contribution in [0.3, 0.4) is 0 Å². The molecule has 0 atom stereocenters. The Labute approximate surface area is 92.6 Å². The highest BCUT2D eigenvalue weighted by Crippen LogP contribution is 2.06. The van der Waals surface area contributed by atoms with E-state index in [0.29, 0.717) is 0 Å². The molecule has 0 fully saturated rings. The lowest BCUT2D eigenvalue weighted by Gasteiger charge is -1.96. The van der Waals surface area contributed by atoms with Crippen molar-refractivity contribution < 1.29 is 8.42 Å². The minimum Gasteiger partial charge on any atom is -0.219 e. The van der Waals surface area contributed by atoms with Gasteiger partial charge in [0.25, 0.3) is 0 Å². The Balaban J connectivity index is 0.000000288. The summed E-state index contributed by atoms with van der Waals surface area (Å²) in [5.74, 6) is 0. The fourth-order valence-corrected chi connectivity index (χ4v) is 1.20. The van der Waals surface area contributed by atoms with Gasteiger partial charge in [0.2, 0.25) is 10.0 Å². The van der Waals surface area contributed by atoms with Crippen LogP contribution < -0.4 is 4.72 Å². The fourth-order valence-electron chi connectivity index (χ4n) is 1.20. The Hall–Kier alpha value is -0.870. The first-order valence-corrected chi connectivity index (χ1v) is 6.57. The molecule has 1 aromatic rings. The molecule has 0 aliphatic rings. The average Bonchev–Trinajstić information content (AvgIpc) is 2.01. The lowest BCUT2D eigenvalue weighted by atomic mass is 10.1. The Morgan fingerprint density at radius 3 is 1.27 bits per heavy atom. The summed E-state index contributed by atoms with van der Waals surface area (Å²) < 4.78 is 21.9. The average molecular weight is 229 g/mol. The fraction of sp³-hybridized carbons (Fsp3) is 0.455. The molecule has 1 rings (SSSR count). The third-order valence-corrected chi connectivity index (χ3v) is 2.48. The molecule has 0 unspecified atom stereocenters. The molecule has 4 heteroatoms. The second kappa shape index (κ2) is 5.88. The van der Waals surface area contributed by atoms with E-state index in [1.165, 1.54) is 23.7 Å². The zero-order valence-electron chi connectivity index (χ0n) is 9.96. The smallest absolute Gasteiger partial charge is 0.208 e. The van der Waals surface area contributed by atoms with E-state index >= 15 is 0 Å². The molecule has 1 N–H and O–H groups in total. The number of nitrogens with one attached hydrogen (secondary N) is 1. The van der Waals surface area contributed by atoms with Crippen molar-refractivity contribution in [1.82, 2.24) is 4.72 Å². The van der Waals surface area contributed by atoms with Crippen molar-refractivity contribution in [1.29, 1.82) is 0 Å². The summed E-state index contributed by atoms with van der Waals surface area (Å²) in [4.78, 5) is 0. The van der Waals surface area contributed by atoms with E-state index in [-0.39, 0.29) is 0 Å². The minimum atomic E-state index is -2.91. The van der Waals surface area contributed by atoms with Crippen LogP contribution in [0.1, 0.15) is 16.7 Å². The number of hydrogen-bond acceptors (Lipinski definition) is 2. The first kappa shape index (κ1) is 14.1. The second-order valence-electron chi connectivity index (χ2n) is 3.64. The van der Waals surface area contributed by atoms with E-state index in [1.807, 2.05) is 0 Å². The maximum atomic E-state index is 9.89. The van der Waals surface area contributed by atoms with E-state index in [1.54, 1.807) is 0 Å². The lowest BCUT2D eigenvalue weighted by Crippen LogP contribution is -2.15. The highest BCUT2D eigenvalue weighted by atomic mass is 32.2. The van der Waals surface area contributed by atoms with E-state index < -0.39 is 10.0 Å². The summed E-state index contributed by atoms with van der Waals surface area (Å²) in [6, 6.07) is 6.56. The second-order valence-corrected chi connectivity index (χ2v) is 5.59. The predicted octanol–water partition coefficient (Wildman–Crippen LogP) is 1.78. The van der Waals surface area contributed by atoms with Crippen molar-refractivity contribution in [3.63, 3.8) is 0 Å². The van der Waals surface area contributed by atoms with Crippen molar-refractivity contribution in [2.75, 3.05) is 13.3 Å². The molecule has 0 aliphatic carbocycles. The highest BCUT2D eigenvalue weighted by Gasteiger charge is 1.88. The van der Waals surface area contributed by atoms with Gasteiger partial charge in [0.1, 0.15) is 0 Å². The SMILES string of the molecule is CNS(C)(=O)=O.Cc1cc(C)cc(C)c1. The van der Waals surface area contributed by atoms with Crippen LogP contribution in [0.5, 0.6) is 0 Å². The largest absolute Gasteiger partial charge is 0.219 e. The van der Waals surface area contributed by atoms with Crippen LogP contribution in [0.15, 0.2) is 18.2 Å². The minimum absolute atomic E-state index is 1.10. The summed E-state index contributed by atoms with van der Waals surface area (Å²) in [6.07, 6.45) is 1.10. The quantitative estimate of drug-likeness (QED) is 0.798. The topological polar surface area (TPSA) is 46.2 Å². The molecule has 0 heterocycles. The van der Waals surface area contributed by atoms with Gasteiger partial charge in [-0.15, -0.1) is 0 Å². The van der Waals surface area contributed by atoms with Gasteiger partial charge in [-0.05, 0) is 27.8 Å². The van der Waals surface area contributed by atoms with Crippen LogP contribution in [0, 0.1) is 20.8 Å². The van der Waals surface area contributed by atoms with E-state index in [2.05, 4.69) is 43.7 Å². The van der Waals surface area contributed by atoms with Crippen LogP contribution in [0.2, 0.25) is 0 Å². The highest BCUT2D eigenvalue weighted by molar-refractivity contribution is 7.88. The molecule has 86 valence electrons. The van der Waals surface area contributed by atoms with Gasteiger partial charge in [0.05, 0.1) is 6.26 Å². The van der Waals surface area contributed by atoms with Crippen molar-refractivity contribution in [2.45, 2.75) is 20.8 Å². The van der Waals surface area contributed by atoms with Crippen LogP contribution >= 0.6 is 0 Å². The summed E-state index contributed by atoms with van der Waals surface area (Å²) in [5, 5.41) is 0. The van der Waals surface area contributed by atoms with Gasteiger partial charge in [-0.3, -0.25) is 0 Å². The number of aryl methyl sites for hydroxylation is 3. The maximum absolute atomic E-state index is 9.89. The molecule has 0 bridgehead atoms. The molecule has 15 heavy (non-hydrogen) atoms. The summed E-state index contributed by atoms with van der Waals surface area (Å²) in [5.41, 5.74) is 4.06. The summed E-state index contributed by atoms with van der Waals surface area (Å²) >= 11 is 0. The van der Waals surface area contributed by atoms with Gasteiger partial charge >= 0.3 is 0 Å². The van der Waals surface area contributed by atoms with Crippen LogP contribution in [0.25, 0.3) is 0 Å². The summed E-state index contributed by atoms with van der Waals surface area (Å²) in [7, 11) is -1.54. The standard InChI is InChI=1S/C9H12.C2H7NO2S/c1-7-4-8(2)6-9(3)5-7;1-3-6(2,4)5/h4-6H,1-3H3;3H,1-2H3. The number of rotatable bonds is 1. The third kappa shape index (κ3) is 8.15. The van der Waals surface area contributed by atoms with Gasteiger partial charge in [-0.25, -0.2) is 13.1 Å². The van der Waals surface area contributed by atoms with Crippen LogP contribution in [-0.4, -0.2) is 21.7 Å². The van der Waals surface area contributed by atoms with Crippen molar-refractivity contribution in [3.8, 4) is 0 Å². The van der Waals surface area contributed by atoms with Crippen molar-refractivity contribution in [2.24, 2.45) is 0 Å². The van der Waals surface area contributed by atoms with E-state index in [0.717, 1.165) is 6.26 Å². The van der Waals surface area contributed by atoms with E-state index in [9.17, 15) is 8.42 Å². The number of hydrogen-bond donors (Lipinski definition) is 1. The third-order valence-electron chi connectivity index (χ3n) is 1.74. The molecule has 0 saturated heterocycles. The maximum Gasteiger partial charge on any atom is 0.208 e. The normalized spacial score (nSPS) is 10.5. The predicted molar refractivity (Wildman–Crippen MR) is 64.6 cm³/mol. The molecule has 0 aliphatic heterocycles. The van der Waals surface area contributed by atoms with Crippen molar-refractivity contribution in [3.05, 3.63) is 34.9 Å². The molecule has 0 aromatic heterocycles. The zero-order chi connectivity index (χ0) is 12.1. The van der Waals surface area contributed by atoms with Crippen LogP contribution in [-0.2, 0) is 10.0 Å². The van der Waals surface area contributed by atoms with Gasteiger partial charge in [-0.1, -0.05) is 34.9 Å². The molecule has 0 spiro atoms. The molecular formula is C11H19NO2S. The Morgan fingerprint density at radius 1 is 0.933 bits per heavy atom. The Morgan fingerprint density at radius 2 is 1.13 bits per heavy atom. The van der Waals surface area contributed by atoms with Crippen molar-refractivity contribution >= 4 is 10.0 Å². The first-order valence-electron chi connectivity index (χ1n) is 4.68. The van der Waals surface area contributed by atoms with E-state index in [4.69, 9.17) is 0 Å². The van der Waals surface area contributed by atoms with Gasteiger partial charge in [0, 0.05) is 0 Å². The molecule has 0 amide bonds. The Kier molecular flexibility index (Phi) is 5.54. The molecule has 1 aromatic carbocycles. The van der Waals surface area contributed by atoms with Gasteiger partial charge in [0.15, 0.2) is 0 Å². The zero-order valence-corrected chi connectivity index (χ0v) is 10.8. The number of benzene rings is 1. The lowest BCUT2D eigenvalue weighted by molar-refractivity contribution is 0.594. The Bertz CT molecular complexity index is 360. The number of sulfonamides is 1.